The summed E-state index contributed by atoms with van der Waals surface area (Å²) in [5, 5.41) is 69.3. The van der Waals surface area contributed by atoms with Gasteiger partial charge in [0.2, 0.25) is 0 Å². The molecule has 9 nitrogen and oxygen atoms in total. The van der Waals surface area contributed by atoms with Crippen molar-refractivity contribution in [3.63, 3.8) is 0 Å². The molecule has 1 aliphatic carbocycles. The fourth-order valence-electron chi connectivity index (χ4n) is 4.09. The normalized spacial score (nSPS) is 48.7. The summed E-state index contributed by atoms with van der Waals surface area (Å²) in [4.78, 5) is 0. The molecule has 0 aromatic carbocycles. The Bertz CT molecular complexity index is 528. The zero-order chi connectivity index (χ0) is 21.2. The molecule has 1 saturated carbocycles. The Labute approximate surface area is 164 Å². The Kier molecular flexibility index (Phi) is 7.99. The van der Waals surface area contributed by atoms with Gasteiger partial charge in [0.1, 0.15) is 24.4 Å². The number of rotatable bonds is 6. The van der Waals surface area contributed by atoms with E-state index >= 15 is 0 Å². The van der Waals surface area contributed by atoms with Gasteiger partial charge >= 0.3 is 0 Å². The lowest BCUT2D eigenvalue weighted by molar-refractivity contribution is -0.306. The zero-order valence-corrected chi connectivity index (χ0v) is 16.5. The smallest absolute Gasteiger partial charge is 0.187 e. The van der Waals surface area contributed by atoms with Gasteiger partial charge < -0.3 is 45.2 Å². The molecule has 1 aliphatic heterocycles. The maximum absolute atomic E-state index is 10.3. The minimum atomic E-state index is -1.52. The molecule has 0 amide bonds. The van der Waals surface area contributed by atoms with Crippen molar-refractivity contribution in [2.45, 2.75) is 76.2 Å². The fourth-order valence-corrected chi connectivity index (χ4v) is 4.09. The topological polar surface area (TPSA) is 160 Å². The van der Waals surface area contributed by atoms with Gasteiger partial charge in [0.25, 0.3) is 0 Å². The van der Waals surface area contributed by atoms with E-state index in [1.54, 1.807) is 26.0 Å². The molecule has 1 saturated heterocycles. The zero-order valence-electron chi connectivity index (χ0n) is 16.5. The highest BCUT2D eigenvalue weighted by molar-refractivity contribution is 5.08. The van der Waals surface area contributed by atoms with Crippen LogP contribution in [0.25, 0.3) is 0 Å². The van der Waals surface area contributed by atoms with Crippen LogP contribution in [0.4, 0.5) is 0 Å². The molecule has 0 radical (unpaired) electrons. The van der Waals surface area contributed by atoms with E-state index in [-0.39, 0.29) is 24.9 Å². The summed E-state index contributed by atoms with van der Waals surface area (Å²) in [6, 6.07) is 0. The molecule has 1 heterocycles. The summed E-state index contributed by atoms with van der Waals surface area (Å²) in [6.45, 7) is 4.50. The third kappa shape index (κ3) is 4.58. The summed E-state index contributed by atoms with van der Waals surface area (Å²) in [7, 11) is 0. The van der Waals surface area contributed by atoms with E-state index in [1.165, 1.54) is 0 Å². The fraction of sp³-hybridized carbons (Fsp3) is 0.895. The number of aliphatic hydroxyl groups is 7. The SMILES string of the molecule is C[C@@H]1[C@@H](O)C[C@@H](O)[C@](C)(CO)[C@H]1/C=C/[C@@H](C)O[C@@H]1O[C@H](CO)[C@@H](O)[C@H](O)[C@H]1O. The van der Waals surface area contributed by atoms with Crippen LogP contribution < -0.4 is 0 Å². The Hall–Kier alpha value is -0.620. The molecule has 2 rings (SSSR count). The Balaban J connectivity index is 2.08. The van der Waals surface area contributed by atoms with E-state index in [0.29, 0.717) is 0 Å². The Morgan fingerprint density at radius 3 is 2.32 bits per heavy atom. The summed E-state index contributed by atoms with van der Waals surface area (Å²) in [5.74, 6) is -0.520. The van der Waals surface area contributed by atoms with Crippen LogP contribution in [-0.2, 0) is 9.47 Å². The summed E-state index contributed by atoms with van der Waals surface area (Å²) >= 11 is 0. The van der Waals surface area contributed by atoms with Crippen molar-refractivity contribution in [1.29, 1.82) is 0 Å². The van der Waals surface area contributed by atoms with Crippen LogP contribution in [0.3, 0.4) is 0 Å². The van der Waals surface area contributed by atoms with Crippen LogP contribution in [-0.4, -0.2) is 98.0 Å². The van der Waals surface area contributed by atoms with Gasteiger partial charge in [-0.05, 0) is 18.8 Å². The van der Waals surface area contributed by atoms with Gasteiger partial charge in [0, 0.05) is 11.8 Å². The molecule has 11 atom stereocenters. The van der Waals surface area contributed by atoms with E-state index < -0.39 is 61.0 Å². The molecule has 2 fully saturated rings. The van der Waals surface area contributed by atoms with Gasteiger partial charge in [-0.1, -0.05) is 26.0 Å². The first-order chi connectivity index (χ1) is 13.1. The minimum absolute atomic E-state index is 0.194. The van der Waals surface area contributed by atoms with Crippen LogP contribution in [0.5, 0.6) is 0 Å². The van der Waals surface area contributed by atoms with E-state index in [4.69, 9.17) is 9.47 Å². The van der Waals surface area contributed by atoms with Gasteiger partial charge in [0.05, 0.1) is 31.5 Å². The van der Waals surface area contributed by atoms with Crippen molar-refractivity contribution >= 4 is 0 Å². The number of hydrogen-bond donors (Lipinski definition) is 7. The number of ether oxygens (including phenoxy) is 2. The molecule has 0 spiro atoms. The van der Waals surface area contributed by atoms with E-state index in [9.17, 15) is 35.7 Å². The average Bonchev–Trinajstić information content (AvgIpc) is 2.66. The van der Waals surface area contributed by atoms with Crippen LogP contribution >= 0.6 is 0 Å². The van der Waals surface area contributed by atoms with E-state index in [2.05, 4.69) is 0 Å². The standard InChI is InChI=1S/C19H34O9/c1-9(27-18-17(26)16(25)15(24)13(7-20)28-18)4-5-11-10(2)12(22)6-14(23)19(11,3)8-21/h4-5,9-18,20-26H,6-8H2,1-3H3/b5-4+/t9-,10+,11+,12+,13-,14-,15-,16+,17-,18-,19-/m1/s1. The monoisotopic (exact) mass is 406 g/mol. The maximum atomic E-state index is 10.3. The van der Waals surface area contributed by atoms with Crippen molar-refractivity contribution in [3.8, 4) is 0 Å². The lowest BCUT2D eigenvalue weighted by Gasteiger charge is -2.48. The lowest BCUT2D eigenvalue weighted by Crippen LogP contribution is -2.59. The Morgan fingerprint density at radius 1 is 1.11 bits per heavy atom. The highest BCUT2D eigenvalue weighted by Crippen LogP contribution is 2.45. The number of aliphatic hydroxyl groups excluding tert-OH is 7. The molecule has 7 N–H and O–H groups in total. The highest BCUT2D eigenvalue weighted by atomic mass is 16.7. The molecular weight excluding hydrogens is 372 g/mol. The van der Waals surface area contributed by atoms with Crippen molar-refractivity contribution in [2.24, 2.45) is 17.3 Å². The van der Waals surface area contributed by atoms with Gasteiger partial charge in [-0.2, -0.15) is 0 Å². The maximum Gasteiger partial charge on any atom is 0.187 e. The van der Waals surface area contributed by atoms with E-state index in [0.717, 1.165) is 0 Å². The minimum Gasteiger partial charge on any atom is -0.396 e. The predicted octanol–water partition coefficient (Wildman–Crippen LogP) is -1.88. The summed E-state index contributed by atoms with van der Waals surface area (Å²) < 4.78 is 10.9. The second-order valence-corrected chi connectivity index (χ2v) is 8.29. The molecule has 9 heteroatoms. The van der Waals surface area contributed by atoms with Crippen LogP contribution in [0, 0.1) is 17.3 Å². The second-order valence-electron chi connectivity index (χ2n) is 8.29. The predicted molar refractivity (Wildman–Crippen MR) is 97.9 cm³/mol. The molecule has 0 bridgehead atoms. The summed E-state index contributed by atoms with van der Waals surface area (Å²) in [6.07, 6.45) is -5.30. The molecular formula is C19H34O9. The molecule has 0 aromatic heterocycles. The van der Waals surface area contributed by atoms with Gasteiger partial charge in [-0.3, -0.25) is 0 Å². The molecule has 164 valence electrons. The molecule has 0 unspecified atom stereocenters. The largest absolute Gasteiger partial charge is 0.396 e. The van der Waals surface area contributed by atoms with Crippen LogP contribution in [0.15, 0.2) is 12.2 Å². The number of hydrogen-bond acceptors (Lipinski definition) is 9. The average molecular weight is 406 g/mol. The van der Waals surface area contributed by atoms with Gasteiger partial charge in [0.15, 0.2) is 6.29 Å². The van der Waals surface area contributed by atoms with Crippen LogP contribution in [0.2, 0.25) is 0 Å². The number of allylic oxidation sites excluding steroid dienone is 1. The summed E-state index contributed by atoms with van der Waals surface area (Å²) in [5.41, 5.74) is -0.821. The first-order valence-corrected chi connectivity index (χ1v) is 9.68. The van der Waals surface area contributed by atoms with Crippen LogP contribution in [0.1, 0.15) is 27.2 Å². The lowest BCUT2D eigenvalue weighted by atomic mass is 9.60. The highest BCUT2D eigenvalue weighted by Gasteiger charge is 2.49. The third-order valence-corrected chi connectivity index (χ3v) is 6.29. The molecule has 2 aliphatic rings. The Morgan fingerprint density at radius 2 is 1.75 bits per heavy atom. The van der Waals surface area contributed by atoms with Gasteiger partial charge in [-0.15, -0.1) is 0 Å². The second kappa shape index (κ2) is 9.46. The van der Waals surface area contributed by atoms with Crippen molar-refractivity contribution in [1.82, 2.24) is 0 Å². The first kappa shape index (κ1) is 23.7. The molecule has 0 aromatic rings. The third-order valence-electron chi connectivity index (χ3n) is 6.29. The van der Waals surface area contributed by atoms with Crippen molar-refractivity contribution < 1.29 is 45.2 Å². The molecule has 28 heavy (non-hydrogen) atoms. The van der Waals surface area contributed by atoms with E-state index in [1.807, 2.05) is 6.92 Å². The first-order valence-electron chi connectivity index (χ1n) is 9.68. The van der Waals surface area contributed by atoms with Crippen molar-refractivity contribution in [3.05, 3.63) is 12.2 Å². The van der Waals surface area contributed by atoms with Crippen molar-refractivity contribution in [2.75, 3.05) is 13.2 Å². The quantitative estimate of drug-likeness (QED) is 0.251. The van der Waals surface area contributed by atoms with Gasteiger partial charge in [-0.25, -0.2) is 0 Å².